The van der Waals surface area contributed by atoms with Crippen molar-refractivity contribution in [2.24, 2.45) is 5.73 Å². The number of fused-ring (bicyclic) bond motifs is 1. The molecule has 0 spiro atoms. The van der Waals surface area contributed by atoms with Gasteiger partial charge in [-0.2, -0.15) is 0 Å². The van der Waals surface area contributed by atoms with Gasteiger partial charge >= 0.3 is 0 Å². The Morgan fingerprint density at radius 1 is 1.14 bits per heavy atom. The van der Waals surface area contributed by atoms with Gasteiger partial charge in [0.15, 0.2) is 0 Å². The molecule has 1 aliphatic rings. The molecule has 0 bridgehead atoms. The second-order valence-electron chi connectivity index (χ2n) is 5.35. The van der Waals surface area contributed by atoms with Crippen molar-refractivity contribution in [3.8, 4) is 22.6 Å². The van der Waals surface area contributed by atoms with Crippen LogP contribution >= 0.6 is 0 Å². The van der Waals surface area contributed by atoms with E-state index in [1.807, 2.05) is 18.2 Å². The molecule has 1 aliphatic heterocycles. The van der Waals surface area contributed by atoms with Crippen molar-refractivity contribution in [2.75, 3.05) is 13.7 Å². The third-order valence-corrected chi connectivity index (χ3v) is 4.00. The lowest BCUT2D eigenvalue weighted by atomic mass is 9.94. The van der Waals surface area contributed by atoms with E-state index in [1.165, 1.54) is 5.56 Å². The molecule has 3 heteroatoms. The first-order chi connectivity index (χ1) is 10.3. The van der Waals surface area contributed by atoms with Crippen molar-refractivity contribution in [1.82, 2.24) is 0 Å². The van der Waals surface area contributed by atoms with E-state index in [2.05, 4.69) is 24.3 Å². The van der Waals surface area contributed by atoms with Crippen LogP contribution in [0, 0.1) is 0 Å². The second kappa shape index (κ2) is 6.19. The van der Waals surface area contributed by atoms with Crippen LogP contribution in [0.1, 0.15) is 18.4 Å². The summed E-state index contributed by atoms with van der Waals surface area (Å²) in [4.78, 5) is 0. The van der Waals surface area contributed by atoms with E-state index in [4.69, 9.17) is 15.2 Å². The van der Waals surface area contributed by atoms with Crippen molar-refractivity contribution in [3.63, 3.8) is 0 Å². The van der Waals surface area contributed by atoms with Gasteiger partial charge in [0, 0.05) is 11.1 Å². The smallest absolute Gasteiger partial charge is 0.130 e. The fourth-order valence-electron chi connectivity index (χ4n) is 2.93. The Kier molecular flexibility index (Phi) is 4.11. The lowest BCUT2D eigenvalue weighted by molar-refractivity contribution is 0.167. The van der Waals surface area contributed by atoms with Gasteiger partial charge < -0.3 is 15.2 Å². The van der Waals surface area contributed by atoms with Crippen molar-refractivity contribution >= 4 is 0 Å². The number of hydrogen-bond donors (Lipinski definition) is 1. The molecule has 110 valence electrons. The zero-order valence-electron chi connectivity index (χ0n) is 12.3. The Bertz CT molecular complexity index is 624. The predicted molar refractivity (Wildman–Crippen MR) is 84.8 cm³/mol. The van der Waals surface area contributed by atoms with Crippen LogP contribution in [0.15, 0.2) is 42.5 Å². The standard InChI is InChI=1S/C18H21NO2/c1-20-17-8-3-2-6-15(17)16-7-4-5-13-9-10-14(11-12-19)21-18(13)16/h2-8,14H,9-12,19H2,1H3/t14-/m0/s1. The summed E-state index contributed by atoms with van der Waals surface area (Å²) in [5.74, 6) is 1.86. The Hall–Kier alpha value is -2.00. The maximum absolute atomic E-state index is 6.22. The summed E-state index contributed by atoms with van der Waals surface area (Å²) in [6.07, 6.45) is 3.21. The molecule has 2 aromatic rings. The van der Waals surface area contributed by atoms with Gasteiger partial charge in [-0.1, -0.05) is 36.4 Å². The van der Waals surface area contributed by atoms with Gasteiger partial charge in [-0.15, -0.1) is 0 Å². The van der Waals surface area contributed by atoms with Crippen LogP contribution in [0.4, 0.5) is 0 Å². The molecule has 1 atom stereocenters. The summed E-state index contributed by atoms with van der Waals surface area (Å²) in [7, 11) is 1.70. The summed E-state index contributed by atoms with van der Waals surface area (Å²) < 4.78 is 11.7. The number of benzene rings is 2. The molecule has 3 nitrogen and oxygen atoms in total. The Labute approximate surface area is 125 Å². The molecular weight excluding hydrogens is 262 g/mol. The van der Waals surface area contributed by atoms with Gasteiger partial charge in [0.25, 0.3) is 0 Å². The van der Waals surface area contributed by atoms with E-state index in [-0.39, 0.29) is 6.10 Å². The molecule has 0 radical (unpaired) electrons. The number of aryl methyl sites for hydroxylation is 1. The van der Waals surface area contributed by atoms with E-state index in [1.54, 1.807) is 7.11 Å². The lowest BCUT2D eigenvalue weighted by Crippen LogP contribution is -2.25. The summed E-state index contributed by atoms with van der Waals surface area (Å²) in [5.41, 5.74) is 9.12. The highest BCUT2D eigenvalue weighted by Crippen LogP contribution is 2.41. The van der Waals surface area contributed by atoms with Gasteiger partial charge in [0.1, 0.15) is 17.6 Å². The van der Waals surface area contributed by atoms with Crippen LogP contribution in [-0.4, -0.2) is 19.8 Å². The summed E-state index contributed by atoms with van der Waals surface area (Å²) >= 11 is 0. The van der Waals surface area contributed by atoms with Crippen LogP contribution in [0.5, 0.6) is 11.5 Å². The van der Waals surface area contributed by atoms with Crippen molar-refractivity contribution < 1.29 is 9.47 Å². The van der Waals surface area contributed by atoms with E-state index in [0.29, 0.717) is 6.54 Å². The van der Waals surface area contributed by atoms with Crippen LogP contribution in [0.3, 0.4) is 0 Å². The molecule has 0 fully saturated rings. The van der Waals surface area contributed by atoms with Crippen LogP contribution < -0.4 is 15.2 Å². The van der Waals surface area contributed by atoms with Crippen molar-refractivity contribution in [1.29, 1.82) is 0 Å². The maximum Gasteiger partial charge on any atom is 0.130 e. The molecule has 0 aromatic heterocycles. The largest absolute Gasteiger partial charge is 0.496 e. The minimum atomic E-state index is 0.221. The SMILES string of the molecule is COc1ccccc1-c1cccc2c1O[C@H](CCN)CC2. The number of hydrogen-bond acceptors (Lipinski definition) is 3. The molecule has 21 heavy (non-hydrogen) atoms. The molecule has 0 saturated carbocycles. The first-order valence-corrected chi connectivity index (χ1v) is 7.45. The van der Waals surface area contributed by atoms with Crippen molar-refractivity contribution in [3.05, 3.63) is 48.0 Å². The van der Waals surface area contributed by atoms with Gasteiger partial charge in [0.05, 0.1) is 7.11 Å². The third-order valence-electron chi connectivity index (χ3n) is 4.00. The van der Waals surface area contributed by atoms with E-state index in [0.717, 1.165) is 41.9 Å². The highest BCUT2D eigenvalue weighted by molar-refractivity contribution is 5.77. The maximum atomic E-state index is 6.22. The van der Waals surface area contributed by atoms with Crippen LogP contribution in [0.25, 0.3) is 11.1 Å². The minimum absolute atomic E-state index is 0.221. The highest BCUT2D eigenvalue weighted by Gasteiger charge is 2.23. The fourth-order valence-corrected chi connectivity index (χ4v) is 2.93. The molecule has 1 heterocycles. The monoisotopic (exact) mass is 283 g/mol. The van der Waals surface area contributed by atoms with E-state index >= 15 is 0 Å². The molecule has 0 unspecified atom stereocenters. The molecule has 0 amide bonds. The second-order valence-corrected chi connectivity index (χ2v) is 5.35. The number of nitrogens with two attached hydrogens (primary N) is 1. The normalized spacial score (nSPS) is 17.0. The third kappa shape index (κ3) is 2.74. The fraction of sp³-hybridized carbons (Fsp3) is 0.333. The minimum Gasteiger partial charge on any atom is -0.496 e. The average Bonchev–Trinajstić information content (AvgIpc) is 2.54. The first-order valence-electron chi connectivity index (χ1n) is 7.45. The number of methoxy groups -OCH3 is 1. The average molecular weight is 283 g/mol. The summed E-state index contributed by atoms with van der Waals surface area (Å²) in [6, 6.07) is 14.4. The van der Waals surface area contributed by atoms with E-state index < -0.39 is 0 Å². The van der Waals surface area contributed by atoms with E-state index in [9.17, 15) is 0 Å². The predicted octanol–water partition coefficient (Wildman–Crippen LogP) is 3.40. The summed E-state index contributed by atoms with van der Waals surface area (Å²) in [5, 5.41) is 0. The number of rotatable bonds is 4. The zero-order valence-corrected chi connectivity index (χ0v) is 12.3. The molecular formula is C18H21NO2. The molecule has 0 aliphatic carbocycles. The Morgan fingerprint density at radius 2 is 1.95 bits per heavy atom. The van der Waals surface area contributed by atoms with Gasteiger partial charge in [-0.25, -0.2) is 0 Å². The van der Waals surface area contributed by atoms with Gasteiger partial charge in [-0.3, -0.25) is 0 Å². The molecule has 2 aromatic carbocycles. The zero-order chi connectivity index (χ0) is 14.7. The van der Waals surface area contributed by atoms with Crippen LogP contribution in [0.2, 0.25) is 0 Å². The highest BCUT2D eigenvalue weighted by atomic mass is 16.5. The number of para-hydroxylation sites is 2. The van der Waals surface area contributed by atoms with Crippen LogP contribution in [-0.2, 0) is 6.42 Å². The quantitative estimate of drug-likeness (QED) is 0.935. The van der Waals surface area contributed by atoms with Gasteiger partial charge in [-0.05, 0) is 37.4 Å². The first kappa shape index (κ1) is 14.0. The van der Waals surface area contributed by atoms with Crippen molar-refractivity contribution in [2.45, 2.75) is 25.4 Å². The number of ether oxygens (including phenoxy) is 2. The Morgan fingerprint density at radius 3 is 2.76 bits per heavy atom. The Balaban J connectivity index is 2.04. The summed E-state index contributed by atoms with van der Waals surface area (Å²) in [6.45, 7) is 0.664. The molecule has 2 N–H and O–H groups in total. The topological polar surface area (TPSA) is 44.5 Å². The molecule has 0 saturated heterocycles. The lowest BCUT2D eigenvalue weighted by Gasteiger charge is -2.28. The van der Waals surface area contributed by atoms with Gasteiger partial charge in [0.2, 0.25) is 0 Å². The molecule has 3 rings (SSSR count).